The first kappa shape index (κ1) is 19.5. The summed E-state index contributed by atoms with van der Waals surface area (Å²) in [4.78, 5) is 27.0. The van der Waals surface area contributed by atoms with Crippen molar-refractivity contribution in [3.63, 3.8) is 0 Å². The van der Waals surface area contributed by atoms with E-state index in [1.54, 1.807) is 18.2 Å². The molecule has 0 spiro atoms. The van der Waals surface area contributed by atoms with Gasteiger partial charge < -0.3 is 19.5 Å². The number of aliphatic hydroxyl groups is 1. The minimum Gasteiger partial charge on any atom is -0.507 e. The molecule has 6 nitrogen and oxygen atoms in total. The van der Waals surface area contributed by atoms with Crippen LogP contribution in [0, 0.1) is 0 Å². The Hall–Kier alpha value is -3.28. The molecule has 146 valence electrons. The number of likely N-dealkylation sites (tertiary alicyclic amines) is 1. The molecule has 6 heteroatoms. The summed E-state index contributed by atoms with van der Waals surface area (Å²) in [7, 11) is 2.98. The van der Waals surface area contributed by atoms with Crippen LogP contribution in [0.25, 0.3) is 5.76 Å². The molecule has 2 aromatic rings. The van der Waals surface area contributed by atoms with Crippen LogP contribution in [0.1, 0.15) is 30.5 Å². The van der Waals surface area contributed by atoms with Crippen LogP contribution in [0.15, 0.2) is 54.1 Å². The van der Waals surface area contributed by atoms with Gasteiger partial charge in [0.2, 0.25) is 0 Å². The van der Waals surface area contributed by atoms with Crippen LogP contribution in [0.5, 0.6) is 11.5 Å². The van der Waals surface area contributed by atoms with Crippen LogP contribution in [0.3, 0.4) is 0 Å². The van der Waals surface area contributed by atoms with Gasteiger partial charge in [0.15, 0.2) is 0 Å². The predicted octanol–water partition coefficient (Wildman–Crippen LogP) is 3.54. The third-order valence-corrected chi connectivity index (χ3v) is 4.78. The molecule has 0 radical (unpaired) electrons. The first-order chi connectivity index (χ1) is 13.5. The molecule has 2 aromatic carbocycles. The molecular formula is C22H23NO5. The van der Waals surface area contributed by atoms with Crippen molar-refractivity contribution in [1.82, 2.24) is 4.90 Å². The van der Waals surface area contributed by atoms with Crippen LogP contribution in [0.4, 0.5) is 0 Å². The molecule has 0 saturated carbocycles. The Morgan fingerprint density at radius 1 is 1.07 bits per heavy atom. The summed E-state index contributed by atoms with van der Waals surface area (Å²) >= 11 is 0. The molecule has 0 bridgehead atoms. The topological polar surface area (TPSA) is 76.1 Å². The Labute approximate surface area is 164 Å². The number of ether oxygens (including phenoxy) is 2. The second-order valence-corrected chi connectivity index (χ2v) is 6.47. The lowest BCUT2D eigenvalue weighted by molar-refractivity contribution is -0.139. The lowest BCUT2D eigenvalue weighted by Gasteiger charge is -2.25. The average Bonchev–Trinajstić information content (AvgIpc) is 2.98. The van der Waals surface area contributed by atoms with E-state index in [9.17, 15) is 14.7 Å². The van der Waals surface area contributed by atoms with E-state index in [1.807, 2.05) is 37.3 Å². The highest BCUT2D eigenvalue weighted by atomic mass is 16.5. The first-order valence-corrected chi connectivity index (χ1v) is 9.09. The average molecular weight is 381 g/mol. The van der Waals surface area contributed by atoms with Crippen molar-refractivity contribution in [2.45, 2.75) is 19.4 Å². The van der Waals surface area contributed by atoms with E-state index in [0.717, 1.165) is 5.56 Å². The number of Topliss-reactive ketones (excluding diaryl/α,β-unsaturated/α-hetero) is 1. The Balaban J connectivity index is 2.24. The molecule has 1 atom stereocenters. The summed E-state index contributed by atoms with van der Waals surface area (Å²) in [5, 5.41) is 11.1. The zero-order chi connectivity index (χ0) is 20.3. The van der Waals surface area contributed by atoms with E-state index in [2.05, 4.69) is 0 Å². The fraction of sp³-hybridized carbons (Fsp3) is 0.273. The molecule has 1 amide bonds. The summed E-state index contributed by atoms with van der Waals surface area (Å²) in [5.41, 5.74) is 1.12. The van der Waals surface area contributed by atoms with Gasteiger partial charge in [-0.3, -0.25) is 9.59 Å². The number of aliphatic hydroxyl groups excluding tert-OH is 1. The van der Waals surface area contributed by atoms with Gasteiger partial charge in [0.1, 0.15) is 17.3 Å². The number of ketones is 1. The molecule has 1 saturated heterocycles. The number of benzene rings is 2. The maximum atomic E-state index is 12.9. The zero-order valence-corrected chi connectivity index (χ0v) is 16.1. The molecule has 0 aliphatic carbocycles. The van der Waals surface area contributed by atoms with Crippen molar-refractivity contribution in [3.05, 3.63) is 65.2 Å². The lowest BCUT2D eigenvalue weighted by atomic mass is 9.95. The smallest absolute Gasteiger partial charge is 0.295 e. The van der Waals surface area contributed by atoms with Gasteiger partial charge in [-0.1, -0.05) is 37.3 Å². The summed E-state index contributed by atoms with van der Waals surface area (Å²) in [6, 6.07) is 13.5. The molecular weight excluding hydrogens is 358 g/mol. The summed E-state index contributed by atoms with van der Waals surface area (Å²) in [6.07, 6.45) is 0.693. The van der Waals surface area contributed by atoms with Gasteiger partial charge >= 0.3 is 0 Å². The number of nitrogens with zero attached hydrogens (tertiary/aromatic N) is 1. The van der Waals surface area contributed by atoms with Gasteiger partial charge in [0.25, 0.3) is 11.7 Å². The van der Waals surface area contributed by atoms with Gasteiger partial charge in [-0.05, 0) is 30.2 Å². The van der Waals surface area contributed by atoms with Gasteiger partial charge in [-0.2, -0.15) is 0 Å². The lowest BCUT2D eigenvalue weighted by Crippen LogP contribution is -2.30. The number of amides is 1. The number of rotatable bonds is 6. The van der Waals surface area contributed by atoms with Crippen LogP contribution >= 0.6 is 0 Å². The molecule has 3 rings (SSSR count). The molecule has 1 unspecified atom stereocenters. The molecule has 0 aromatic heterocycles. The normalized spacial score (nSPS) is 18.4. The van der Waals surface area contributed by atoms with Gasteiger partial charge in [0.05, 0.1) is 31.4 Å². The van der Waals surface area contributed by atoms with Crippen molar-refractivity contribution in [2.24, 2.45) is 0 Å². The highest BCUT2D eigenvalue weighted by molar-refractivity contribution is 6.46. The van der Waals surface area contributed by atoms with Crippen molar-refractivity contribution >= 4 is 17.4 Å². The van der Waals surface area contributed by atoms with Gasteiger partial charge in [-0.15, -0.1) is 0 Å². The Morgan fingerprint density at radius 2 is 1.79 bits per heavy atom. The van der Waals surface area contributed by atoms with Crippen molar-refractivity contribution in [2.75, 3.05) is 20.8 Å². The molecule has 1 aliphatic rings. The largest absolute Gasteiger partial charge is 0.507 e. The first-order valence-electron chi connectivity index (χ1n) is 9.09. The third kappa shape index (κ3) is 3.33. The molecule has 1 fully saturated rings. The fourth-order valence-corrected chi connectivity index (χ4v) is 3.48. The summed E-state index contributed by atoms with van der Waals surface area (Å²) < 4.78 is 10.6. The SMILES string of the molecule is CCCN1C(=O)C(=O)/C(=C(/O)c2cc(OC)ccc2OC)C1c1ccccc1. The fourth-order valence-electron chi connectivity index (χ4n) is 3.48. The predicted molar refractivity (Wildman–Crippen MR) is 105 cm³/mol. The van der Waals surface area contributed by atoms with Gasteiger partial charge in [-0.25, -0.2) is 0 Å². The van der Waals surface area contributed by atoms with E-state index in [1.165, 1.54) is 19.1 Å². The van der Waals surface area contributed by atoms with Crippen LogP contribution in [-0.4, -0.2) is 42.5 Å². The standard InChI is InChI=1S/C22H23NO5/c1-4-12-23-19(14-8-6-5-7-9-14)18(21(25)22(23)26)20(24)16-13-15(27-2)10-11-17(16)28-3/h5-11,13,19,24H,4,12H2,1-3H3/b20-18+. The maximum absolute atomic E-state index is 12.9. The Bertz CT molecular complexity index is 920. The van der Waals surface area contributed by atoms with Crippen LogP contribution in [0.2, 0.25) is 0 Å². The molecule has 1 heterocycles. The summed E-state index contributed by atoms with van der Waals surface area (Å²) in [6.45, 7) is 2.35. The van der Waals surface area contributed by atoms with E-state index >= 15 is 0 Å². The van der Waals surface area contributed by atoms with E-state index in [4.69, 9.17) is 9.47 Å². The van der Waals surface area contributed by atoms with Crippen molar-refractivity contribution in [3.8, 4) is 11.5 Å². The number of methoxy groups -OCH3 is 2. The second kappa shape index (κ2) is 8.17. The highest BCUT2D eigenvalue weighted by Crippen LogP contribution is 2.41. The maximum Gasteiger partial charge on any atom is 0.295 e. The van der Waals surface area contributed by atoms with E-state index < -0.39 is 17.7 Å². The van der Waals surface area contributed by atoms with Crippen molar-refractivity contribution < 1.29 is 24.2 Å². The minimum atomic E-state index is -0.704. The Kier molecular flexibility index (Phi) is 5.68. The van der Waals surface area contributed by atoms with Crippen LogP contribution < -0.4 is 9.47 Å². The third-order valence-electron chi connectivity index (χ3n) is 4.78. The van der Waals surface area contributed by atoms with E-state index in [0.29, 0.717) is 30.0 Å². The van der Waals surface area contributed by atoms with Crippen LogP contribution in [-0.2, 0) is 9.59 Å². The van der Waals surface area contributed by atoms with E-state index in [-0.39, 0.29) is 11.3 Å². The highest BCUT2D eigenvalue weighted by Gasteiger charge is 2.45. The monoisotopic (exact) mass is 381 g/mol. The number of hydrogen-bond donors (Lipinski definition) is 1. The Morgan fingerprint density at radius 3 is 2.39 bits per heavy atom. The second-order valence-electron chi connectivity index (χ2n) is 6.47. The molecule has 1 aliphatic heterocycles. The number of carbonyl (C=O) groups excluding carboxylic acids is 2. The number of carbonyl (C=O) groups is 2. The molecule has 1 N–H and O–H groups in total. The van der Waals surface area contributed by atoms with Crippen molar-refractivity contribution in [1.29, 1.82) is 0 Å². The quantitative estimate of drug-likeness (QED) is 0.471. The van der Waals surface area contributed by atoms with Gasteiger partial charge in [0, 0.05) is 6.54 Å². The summed E-state index contributed by atoms with van der Waals surface area (Å²) in [5.74, 6) is -0.710. The molecule has 28 heavy (non-hydrogen) atoms. The number of hydrogen-bond acceptors (Lipinski definition) is 5. The minimum absolute atomic E-state index is 0.0520. The zero-order valence-electron chi connectivity index (χ0n) is 16.1.